The Morgan fingerprint density at radius 1 is 0.516 bits per heavy atom. The maximum absolute atomic E-state index is 13.0. The van der Waals surface area contributed by atoms with Crippen LogP contribution in [0.25, 0.3) is 0 Å². The minimum absolute atomic E-state index is 0.133. The molecule has 1 heterocycles. The molecule has 0 spiro atoms. The number of carbonyl (C=O) groups excluding carboxylic acids is 1. The van der Waals surface area contributed by atoms with Crippen molar-refractivity contribution in [3.8, 4) is 0 Å². The molecule has 0 aliphatic carbocycles. The molecule has 1 fully saturated rings. The van der Waals surface area contributed by atoms with Crippen LogP contribution in [0.3, 0.4) is 0 Å². The Hall–Kier alpha value is -1.07. The molecule has 6 N–H and O–H groups in total. The molecule has 1 rings (SSSR count). The van der Waals surface area contributed by atoms with Gasteiger partial charge in [0.2, 0.25) is 5.91 Å². The number of hydrogen-bond acceptors (Lipinski definition) is 8. The fourth-order valence-electron chi connectivity index (χ4n) is 9.16. The standard InChI is InChI=1S/C55H107NO8/c1-3-5-7-9-11-13-15-17-19-20-21-22-23-24-25-26-27-28-29-30-31-33-35-37-39-41-43-45-51(59)56-48(47-63-55-54(62)53(61)52(60)50(46-57)64-55)49(58)44-42-40-38-36-34-32-18-16-14-12-10-8-6-4-2/h20-21,48-50,52-55,57-58,60-62H,3-19,22-47H2,1-2H3,(H,56,59)/b21-20-. The molecule has 0 radical (unpaired) electrons. The largest absolute Gasteiger partial charge is 0.394 e. The SMILES string of the molecule is CCCCCCCCCC/C=C\CCCCCCCCCCCCCCCCCC(=O)NC(COC1OC(CO)C(O)C(O)C1O)C(O)CCCCCCCCCCCCCCCC. The van der Waals surface area contributed by atoms with Crippen LogP contribution >= 0.6 is 0 Å². The fraction of sp³-hybridized carbons (Fsp3) is 0.945. The second kappa shape index (κ2) is 45.7. The van der Waals surface area contributed by atoms with Crippen LogP contribution in [0, 0.1) is 0 Å². The summed E-state index contributed by atoms with van der Waals surface area (Å²) in [6.07, 6.45) is 48.1. The number of aliphatic hydroxyl groups excluding tert-OH is 5. The van der Waals surface area contributed by atoms with Crippen LogP contribution in [0.1, 0.15) is 277 Å². The first-order valence-corrected chi connectivity index (χ1v) is 27.9. The number of aliphatic hydroxyl groups is 5. The fourth-order valence-corrected chi connectivity index (χ4v) is 9.16. The lowest BCUT2D eigenvalue weighted by molar-refractivity contribution is -0.302. The lowest BCUT2D eigenvalue weighted by Gasteiger charge is -2.40. The van der Waals surface area contributed by atoms with Gasteiger partial charge in [0.1, 0.15) is 24.4 Å². The normalized spacial score (nSPS) is 20.0. The third-order valence-electron chi connectivity index (χ3n) is 13.6. The number of unbranched alkanes of at least 4 members (excludes halogenated alkanes) is 36. The minimum atomic E-state index is -1.55. The summed E-state index contributed by atoms with van der Waals surface area (Å²) in [5, 5.41) is 54.5. The quantitative estimate of drug-likeness (QED) is 0.0261. The van der Waals surface area contributed by atoms with Crippen LogP contribution in [0.2, 0.25) is 0 Å². The van der Waals surface area contributed by atoms with E-state index < -0.39 is 49.5 Å². The third-order valence-corrected chi connectivity index (χ3v) is 13.6. The predicted octanol–water partition coefficient (Wildman–Crippen LogP) is 13.2. The molecular weight excluding hydrogens is 803 g/mol. The highest BCUT2D eigenvalue weighted by atomic mass is 16.7. The molecule has 9 nitrogen and oxygen atoms in total. The van der Waals surface area contributed by atoms with E-state index in [2.05, 4.69) is 31.3 Å². The maximum Gasteiger partial charge on any atom is 0.220 e. The first-order valence-electron chi connectivity index (χ1n) is 27.9. The Morgan fingerprint density at radius 3 is 1.27 bits per heavy atom. The smallest absolute Gasteiger partial charge is 0.220 e. The summed E-state index contributed by atoms with van der Waals surface area (Å²) in [6, 6.07) is -0.714. The average molecular weight is 910 g/mol. The molecule has 1 amide bonds. The lowest BCUT2D eigenvalue weighted by Crippen LogP contribution is -2.60. The molecule has 0 aromatic carbocycles. The minimum Gasteiger partial charge on any atom is -0.394 e. The van der Waals surface area contributed by atoms with E-state index in [-0.39, 0.29) is 12.5 Å². The van der Waals surface area contributed by atoms with Crippen molar-refractivity contribution in [2.45, 2.75) is 320 Å². The van der Waals surface area contributed by atoms with E-state index in [1.807, 2.05) is 0 Å². The van der Waals surface area contributed by atoms with E-state index in [1.165, 1.54) is 212 Å². The van der Waals surface area contributed by atoms with Gasteiger partial charge in [0, 0.05) is 6.42 Å². The van der Waals surface area contributed by atoms with Crippen molar-refractivity contribution in [2.24, 2.45) is 0 Å². The molecule has 1 aliphatic heterocycles. The second-order valence-corrected chi connectivity index (χ2v) is 19.7. The van der Waals surface area contributed by atoms with Crippen LogP contribution in [-0.4, -0.2) is 87.5 Å². The summed E-state index contributed by atoms with van der Waals surface area (Å²) >= 11 is 0. The number of ether oxygens (including phenoxy) is 2. The molecule has 64 heavy (non-hydrogen) atoms. The van der Waals surface area contributed by atoms with E-state index in [0.29, 0.717) is 12.8 Å². The van der Waals surface area contributed by atoms with Gasteiger partial charge in [-0.05, 0) is 38.5 Å². The molecule has 0 bridgehead atoms. The first kappa shape index (κ1) is 60.9. The number of nitrogens with one attached hydrogen (secondary N) is 1. The predicted molar refractivity (Wildman–Crippen MR) is 267 cm³/mol. The van der Waals surface area contributed by atoms with Gasteiger partial charge in [-0.1, -0.05) is 244 Å². The van der Waals surface area contributed by atoms with Crippen LogP contribution in [0.5, 0.6) is 0 Å². The van der Waals surface area contributed by atoms with Crippen LogP contribution in [-0.2, 0) is 14.3 Å². The van der Waals surface area contributed by atoms with Gasteiger partial charge < -0.3 is 40.3 Å². The summed E-state index contributed by atoms with van der Waals surface area (Å²) in [7, 11) is 0. The van der Waals surface area contributed by atoms with Gasteiger partial charge in [-0.25, -0.2) is 0 Å². The van der Waals surface area contributed by atoms with Crippen molar-refractivity contribution in [1.82, 2.24) is 5.32 Å². The number of rotatable bonds is 48. The zero-order valence-electron chi connectivity index (χ0n) is 42.1. The highest BCUT2D eigenvalue weighted by Crippen LogP contribution is 2.23. The summed E-state index contributed by atoms with van der Waals surface area (Å²) in [4.78, 5) is 13.0. The molecule has 0 aromatic rings. The van der Waals surface area contributed by atoms with Crippen LogP contribution < -0.4 is 5.32 Å². The van der Waals surface area contributed by atoms with Crippen molar-refractivity contribution < 1.29 is 39.8 Å². The average Bonchev–Trinajstić information content (AvgIpc) is 3.29. The van der Waals surface area contributed by atoms with Gasteiger partial charge >= 0.3 is 0 Å². The van der Waals surface area contributed by atoms with Crippen molar-refractivity contribution in [2.75, 3.05) is 13.2 Å². The molecule has 0 saturated carbocycles. The zero-order chi connectivity index (χ0) is 46.6. The zero-order valence-corrected chi connectivity index (χ0v) is 42.1. The third kappa shape index (κ3) is 35.1. The van der Waals surface area contributed by atoms with Crippen LogP contribution in [0.15, 0.2) is 12.2 Å². The van der Waals surface area contributed by atoms with Gasteiger partial charge in [-0.3, -0.25) is 4.79 Å². The summed E-state index contributed by atoms with van der Waals surface area (Å²) in [5.41, 5.74) is 0. The monoisotopic (exact) mass is 910 g/mol. The molecule has 9 heteroatoms. The Morgan fingerprint density at radius 2 is 0.875 bits per heavy atom. The van der Waals surface area contributed by atoms with E-state index in [4.69, 9.17) is 9.47 Å². The highest BCUT2D eigenvalue weighted by molar-refractivity contribution is 5.76. The van der Waals surface area contributed by atoms with Gasteiger partial charge in [0.25, 0.3) is 0 Å². The summed E-state index contributed by atoms with van der Waals surface area (Å²) < 4.78 is 11.3. The molecule has 1 aliphatic rings. The van der Waals surface area contributed by atoms with E-state index >= 15 is 0 Å². The molecule has 1 saturated heterocycles. The summed E-state index contributed by atoms with van der Waals surface area (Å²) in [6.45, 7) is 3.86. The number of carbonyl (C=O) groups is 1. The Bertz CT molecular complexity index is 1010. The van der Waals surface area contributed by atoms with Crippen molar-refractivity contribution in [3.63, 3.8) is 0 Å². The number of hydrogen-bond donors (Lipinski definition) is 6. The van der Waals surface area contributed by atoms with Crippen molar-refractivity contribution in [3.05, 3.63) is 12.2 Å². The number of allylic oxidation sites excluding steroid dienone is 2. The van der Waals surface area contributed by atoms with Crippen molar-refractivity contribution in [1.29, 1.82) is 0 Å². The van der Waals surface area contributed by atoms with Gasteiger partial charge in [-0.15, -0.1) is 0 Å². The van der Waals surface area contributed by atoms with Gasteiger partial charge in [0.05, 0.1) is 25.4 Å². The molecule has 7 atom stereocenters. The Labute approximate surface area is 395 Å². The Balaban J connectivity index is 2.16. The molecule has 7 unspecified atom stereocenters. The maximum atomic E-state index is 13.0. The van der Waals surface area contributed by atoms with Crippen molar-refractivity contribution >= 4 is 5.91 Å². The molecular formula is C55H107NO8. The van der Waals surface area contributed by atoms with E-state index in [9.17, 15) is 30.3 Å². The van der Waals surface area contributed by atoms with E-state index in [1.54, 1.807) is 0 Å². The lowest BCUT2D eigenvalue weighted by atomic mass is 9.99. The first-order chi connectivity index (χ1) is 31.3. The topological polar surface area (TPSA) is 149 Å². The molecule has 380 valence electrons. The van der Waals surface area contributed by atoms with Gasteiger partial charge in [0.15, 0.2) is 6.29 Å². The van der Waals surface area contributed by atoms with Gasteiger partial charge in [-0.2, -0.15) is 0 Å². The number of amides is 1. The van der Waals surface area contributed by atoms with Crippen LogP contribution in [0.4, 0.5) is 0 Å². The highest BCUT2D eigenvalue weighted by Gasteiger charge is 2.44. The van der Waals surface area contributed by atoms with E-state index in [0.717, 1.165) is 38.5 Å². The molecule has 0 aromatic heterocycles. The summed E-state index contributed by atoms with van der Waals surface area (Å²) in [5.74, 6) is -0.140. The Kier molecular flexibility index (Phi) is 43.5. The second-order valence-electron chi connectivity index (χ2n) is 19.7.